The number of ketones is 1. The minimum Gasteiger partial charge on any atom is -0.444 e. The van der Waals surface area contributed by atoms with Gasteiger partial charge < -0.3 is 9.64 Å². The number of amides is 1. The van der Waals surface area contributed by atoms with E-state index in [-0.39, 0.29) is 17.8 Å². The number of benzene rings is 1. The van der Waals surface area contributed by atoms with Crippen LogP contribution in [0.1, 0.15) is 37.6 Å². The number of likely N-dealkylation sites (tertiary alicyclic amines) is 1. The van der Waals surface area contributed by atoms with E-state index in [1.54, 1.807) is 29.2 Å². The Balaban J connectivity index is 1.97. The van der Waals surface area contributed by atoms with Crippen molar-refractivity contribution in [3.05, 3.63) is 34.9 Å². The van der Waals surface area contributed by atoms with Crippen molar-refractivity contribution in [2.24, 2.45) is 5.92 Å². The van der Waals surface area contributed by atoms with Crippen LogP contribution in [0.25, 0.3) is 0 Å². The number of carbonyl (C=O) groups is 2. The maximum atomic E-state index is 12.4. The van der Waals surface area contributed by atoms with Gasteiger partial charge in [-0.25, -0.2) is 4.79 Å². The summed E-state index contributed by atoms with van der Waals surface area (Å²) >= 11 is 5.82. The molecule has 0 N–H and O–H groups in total. The van der Waals surface area contributed by atoms with Crippen LogP contribution in [0.5, 0.6) is 0 Å². The first-order valence-electron chi connectivity index (χ1n) is 7.04. The molecule has 2 rings (SSSR count). The average molecular weight is 310 g/mol. The maximum absolute atomic E-state index is 12.4. The van der Waals surface area contributed by atoms with E-state index in [0.29, 0.717) is 30.1 Å². The van der Waals surface area contributed by atoms with Gasteiger partial charge in [-0.05, 0) is 51.5 Å². The fourth-order valence-corrected chi connectivity index (χ4v) is 2.44. The Morgan fingerprint density at radius 1 is 1.24 bits per heavy atom. The normalized spacial score (nSPS) is 18.7. The van der Waals surface area contributed by atoms with Gasteiger partial charge >= 0.3 is 6.09 Å². The summed E-state index contributed by atoms with van der Waals surface area (Å²) in [5.74, 6) is -0.114. The lowest BCUT2D eigenvalue weighted by atomic mass is 9.97. The minimum atomic E-state index is -0.518. The summed E-state index contributed by atoms with van der Waals surface area (Å²) < 4.78 is 5.33. The summed E-state index contributed by atoms with van der Waals surface area (Å²) in [6.07, 6.45) is 0.314. The van der Waals surface area contributed by atoms with E-state index < -0.39 is 5.60 Å². The highest BCUT2D eigenvalue weighted by Gasteiger charge is 2.33. The summed E-state index contributed by atoms with van der Waals surface area (Å²) in [5, 5.41) is 0.605. The zero-order chi connectivity index (χ0) is 15.6. The van der Waals surface area contributed by atoms with Crippen molar-refractivity contribution >= 4 is 23.5 Å². The smallest absolute Gasteiger partial charge is 0.410 e. The molecule has 1 atom stereocenters. The summed E-state index contributed by atoms with van der Waals surface area (Å²) in [4.78, 5) is 26.0. The highest BCUT2D eigenvalue weighted by molar-refractivity contribution is 6.30. The fourth-order valence-electron chi connectivity index (χ4n) is 2.32. The van der Waals surface area contributed by atoms with Gasteiger partial charge in [0.25, 0.3) is 0 Å². The number of Topliss-reactive ketones (excluding diaryl/α,β-unsaturated/α-hetero) is 1. The zero-order valence-corrected chi connectivity index (χ0v) is 13.3. The number of nitrogens with zero attached hydrogens (tertiary/aromatic N) is 1. The molecule has 114 valence electrons. The number of carbonyl (C=O) groups excluding carboxylic acids is 2. The largest absolute Gasteiger partial charge is 0.444 e. The van der Waals surface area contributed by atoms with Gasteiger partial charge in [0.05, 0.1) is 0 Å². The van der Waals surface area contributed by atoms with E-state index in [0.717, 1.165) is 0 Å². The lowest BCUT2D eigenvalue weighted by molar-refractivity contribution is 0.0289. The molecule has 21 heavy (non-hydrogen) atoms. The van der Waals surface area contributed by atoms with E-state index in [1.807, 2.05) is 20.8 Å². The monoisotopic (exact) mass is 309 g/mol. The van der Waals surface area contributed by atoms with Gasteiger partial charge in [-0.15, -0.1) is 0 Å². The quantitative estimate of drug-likeness (QED) is 0.781. The molecule has 0 aliphatic carbocycles. The van der Waals surface area contributed by atoms with Crippen LogP contribution in [0.4, 0.5) is 4.79 Å². The standard InChI is InChI=1S/C16H20ClNO3/c1-16(2,3)21-15(20)18-9-8-12(10-18)14(19)11-4-6-13(17)7-5-11/h4-7,12H,8-10H2,1-3H3/t12-/m0/s1. The second-order valence-corrected chi connectivity index (χ2v) is 6.72. The van der Waals surface area contributed by atoms with E-state index in [2.05, 4.69) is 0 Å². The van der Waals surface area contributed by atoms with E-state index in [1.165, 1.54) is 0 Å². The molecule has 1 amide bonds. The SMILES string of the molecule is CC(C)(C)OC(=O)N1CC[C@H](C(=O)c2ccc(Cl)cc2)C1. The summed E-state index contributed by atoms with van der Waals surface area (Å²) in [6, 6.07) is 6.85. The second-order valence-electron chi connectivity index (χ2n) is 6.28. The van der Waals surface area contributed by atoms with Crippen LogP contribution in [0, 0.1) is 5.92 Å². The molecule has 0 aromatic heterocycles. The van der Waals surface area contributed by atoms with Crippen LogP contribution in [-0.2, 0) is 4.74 Å². The molecule has 4 nitrogen and oxygen atoms in total. The number of hydrogen-bond donors (Lipinski definition) is 0. The molecule has 1 aliphatic heterocycles. The summed E-state index contributed by atoms with van der Waals surface area (Å²) in [6.45, 7) is 6.46. The molecule has 1 fully saturated rings. The molecule has 1 saturated heterocycles. The predicted octanol–water partition coefficient (Wildman–Crippen LogP) is 3.78. The lowest BCUT2D eigenvalue weighted by Crippen LogP contribution is -2.35. The van der Waals surface area contributed by atoms with Crippen molar-refractivity contribution in [1.82, 2.24) is 4.90 Å². The first-order chi connectivity index (χ1) is 9.76. The van der Waals surface area contributed by atoms with Gasteiger partial charge in [0.1, 0.15) is 5.60 Å². The van der Waals surface area contributed by atoms with Crippen LogP contribution in [0.3, 0.4) is 0 Å². The number of halogens is 1. The topological polar surface area (TPSA) is 46.6 Å². The van der Waals surface area contributed by atoms with Crippen molar-refractivity contribution in [1.29, 1.82) is 0 Å². The Labute approximate surface area is 130 Å². The van der Waals surface area contributed by atoms with Gasteiger partial charge in [-0.1, -0.05) is 11.6 Å². The average Bonchev–Trinajstić information content (AvgIpc) is 2.86. The molecule has 1 aliphatic rings. The van der Waals surface area contributed by atoms with Gasteiger partial charge in [-0.2, -0.15) is 0 Å². The Bertz CT molecular complexity index is 533. The molecule has 0 saturated carbocycles. The van der Waals surface area contributed by atoms with E-state index in [9.17, 15) is 9.59 Å². The molecule has 0 unspecified atom stereocenters. The highest BCUT2D eigenvalue weighted by atomic mass is 35.5. The molecule has 0 bridgehead atoms. The van der Waals surface area contributed by atoms with Crippen molar-refractivity contribution in [2.75, 3.05) is 13.1 Å². The second kappa shape index (κ2) is 6.06. The Hall–Kier alpha value is -1.55. The van der Waals surface area contributed by atoms with Crippen LogP contribution < -0.4 is 0 Å². The Kier molecular flexibility index (Phi) is 4.57. The number of rotatable bonds is 2. The van der Waals surface area contributed by atoms with Gasteiger partial charge in [0.2, 0.25) is 0 Å². The van der Waals surface area contributed by atoms with Crippen LogP contribution in [0.2, 0.25) is 5.02 Å². The lowest BCUT2D eigenvalue weighted by Gasteiger charge is -2.24. The molecule has 1 aromatic carbocycles. The predicted molar refractivity (Wildman–Crippen MR) is 81.7 cm³/mol. The van der Waals surface area contributed by atoms with Gasteiger partial charge in [0.15, 0.2) is 5.78 Å². The van der Waals surface area contributed by atoms with Gasteiger partial charge in [0, 0.05) is 29.6 Å². The Morgan fingerprint density at radius 2 is 1.86 bits per heavy atom. The van der Waals surface area contributed by atoms with E-state index in [4.69, 9.17) is 16.3 Å². The molecule has 1 aromatic rings. The van der Waals surface area contributed by atoms with Crippen molar-refractivity contribution in [2.45, 2.75) is 32.8 Å². The van der Waals surface area contributed by atoms with Crippen LogP contribution in [0.15, 0.2) is 24.3 Å². The maximum Gasteiger partial charge on any atom is 0.410 e. The number of ether oxygens (including phenoxy) is 1. The van der Waals surface area contributed by atoms with Crippen LogP contribution >= 0.6 is 11.6 Å². The molecule has 0 spiro atoms. The third-order valence-electron chi connectivity index (χ3n) is 3.34. The first-order valence-corrected chi connectivity index (χ1v) is 7.42. The van der Waals surface area contributed by atoms with Crippen LogP contribution in [-0.4, -0.2) is 35.5 Å². The molecule has 5 heteroatoms. The molecular weight excluding hydrogens is 290 g/mol. The van der Waals surface area contributed by atoms with Crippen molar-refractivity contribution in [3.8, 4) is 0 Å². The summed E-state index contributed by atoms with van der Waals surface area (Å²) in [5.41, 5.74) is 0.116. The zero-order valence-electron chi connectivity index (χ0n) is 12.6. The van der Waals surface area contributed by atoms with Crippen molar-refractivity contribution in [3.63, 3.8) is 0 Å². The van der Waals surface area contributed by atoms with Crippen molar-refractivity contribution < 1.29 is 14.3 Å². The highest BCUT2D eigenvalue weighted by Crippen LogP contribution is 2.23. The number of hydrogen-bond acceptors (Lipinski definition) is 3. The third kappa shape index (κ3) is 4.21. The van der Waals surface area contributed by atoms with Gasteiger partial charge in [-0.3, -0.25) is 4.79 Å². The molecule has 0 radical (unpaired) electrons. The Morgan fingerprint density at radius 3 is 2.43 bits per heavy atom. The minimum absolute atomic E-state index is 0.0534. The fraction of sp³-hybridized carbons (Fsp3) is 0.500. The molecular formula is C16H20ClNO3. The van der Waals surface area contributed by atoms with E-state index >= 15 is 0 Å². The molecule has 1 heterocycles. The summed E-state index contributed by atoms with van der Waals surface area (Å²) in [7, 11) is 0. The first kappa shape index (κ1) is 15.8. The third-order valence-corrected chi connectivity index (χ3v) is 3.59.